The molecule has 2 aromatic rings. The molecule has 1 fully saturated rings. The molecule has 2 aliphatic rings. The first kappa shape index (κ1) is 14.8. The number of carbonyl (C=O) groups is 1. The fourth-order valence-corrected chi connectivity index (χ4v) is 4.89. The summed E-state index contributed by atoms with van der Waals surface area (Å²) in [5, 5.41) is 2.09. The largest absolute Gasteiger partial charge is 0.338 e. The van der Waals surface area contributed by atoms with E-state index in [1.165, 1.54) is 23.3 Å². The first-order valence-corrected chi connectivity index (χ1v) is 9.35. The number of piperidine rings is 1. The zero-order chi connectivity index (χ0) is 15.6. The molecule has 0 bridgehead atoms. The van der Waals surface area contributed by atoms with Crippen molar-refractivity contribution < 1.29 is 4.79 Å². The number of aromatic nitrogens is 2. The van der Waals surface area contributed by atoms with Gasteiger partial charge in [-0.1, -0.05) is 0 Å². The average molecular weight is 327 g/mol. The number of carbonyl (C=O) groups excluding carboxylic acids is 1. The maximum absolute atomic E-state index is 13.0. The van der Waals surface area contributed by atoms with Gasteiger partial charge in [0.15, 0.2) is 0 Å². The quantitative estimate of drug-likeness (QED) is 0.849. The molecule has 5 heteroatoms. The van der Waals surface area contributed by atoms with Crippen LogP contribution in [0.4, 0.5) is 0 Å². The van der Waals surface area contributed by atoms with Gasteiger partial charge < -0.3 is 4.90 Å². The van der Waals surface area contributed by atoms with Gasteiger partial charge in [0, 0.05) is 47.9 Å². The van der Waals surface area contributed by atoms with Gasteiger partial charge >= 0.3 is 0 Å². The van der Waals surface area contributed by atoms with E-state index in [1.54, 1.807) is 23.7 Å². The Balaban J connectivity index is 1.53. The Labute approximate surface area is 140 Å². The second-order valence-corrected chi connectivity index (χ2v) is 7.44. The van der Waals surface area contributed by atoms with Crippen LogP contribution >= 0.6 is 11.3 Å². The minimum atomic E-state index is 0.220. The summed E-state index contributed by atoms with van der Waals surface area (Å²) >= 11 is 1.77. The van der Waals surface area contributed by atoms with Crippen LogP contribution in [0.5, 0.6) is 0 Å². The molecule has 4 rings (SSSR count). The normalized spacial score (nSPS) is 21.0. The van der Waals surface area contributed by atoms with Crippen molar-refractivity contribution in [2.24, 2.45) is 0 Å². The topological polar surface area (TPSA) is 46.1 Å². The van der Waals surface area contributed by atoms with E-state index >= 15 is 0 Å². The number of amides is 1. The molecule has 1 atom stereocenters. The van der Waals surface area contributed by atoms with Gasteiger partial charge in [-0.2, -0.15) is 0 Å². The molecule has 0 N–H and O–H groups in total. The van der Waals surface area contributed by atoms with E-state index in [9.17, 15) is 4.79 Å². The molecule has 2 aromatic heterocycles. The van der Waals surface area contributed by atoms with Gasteiger partial charge in [0.05, 0.1) is 11.3 Å². The van der Waals surface area contributed by atoms with Gasteiger partial charge in [-0.25, -0.2) is 0 Å². The van der Waals surface area contributed by atoms with Crippen molar-refractivity contribution in [3.8, 4) is 0 Å². The van der Waals surface area contributed by atoms with Gasteiger partial charge in [0.25, 0.3) is 5.91 Å². The minimum Gasteiger partial charge on any atom is -0.338 e. The molecule has 1 aliphatic heterocycles. The number of thiophene rings is 1. The monoisotopic (exact) mass is 327 g/mol. The van der Waals surface area contributed by atoms with Crippen LogP contribution in [-0.4, -0.2) is 33.9 Å². The van der Waals surface area contributed by atoms with Crippen molar-refractivity contribution >= 4 is 17.2 Å². The lowest BCUT2D eigenvalue weighted by Gasteiger charge is -2.32. The van der Waals surface area contributed by atoms with Gasteiger partial charge in [0.1, 0.15) is 0 Å². The summed E-state index contributed by atoms with van der Waals surface area (Å²) in [5.41, 5.74) is 3.30. The molecule has 0 spiro atoms. The number of aryl methyl sites for hydroxylation is 1. The smallest absolute Gasteiger partial charge is 0.255 e. The van der Waals surface area contributed by atoms with Gasteiger partial charge in [-0.3, -0.25) is 14.8 Å². The van der Waals surface area contributed by atoms with E-state index < -0.39 is 0 Å². The second-order valence-electron chi connectivity index (χ2n) is 6.48. The van der Waals surface area contributed by atoms with Gasteiger partial charge in [-0.05, 0) is 44.1 Å². The van der Waals surface area contributed by atoms with E-state index in [1.807, 2.05) is 11.1 Å². The zero-order valence-electron chi connectivity index (χ0n) is 13.2. The molecule has 0 aromatic carbocycles. The van der Waals surface area contributed by atoms with E-state index in [0.29, 0.717) is 5.92 Å². The Morgan fingerprint density at radius 2 is 2.13 bits per heavy atom. The Kier molecular flexibility index (Phi) is 4.12. The molecule has 1 saturated heterocycles. The number of likely N-dealkylation sites (tertiary alicyclic amines) is 1. The summed E-state index contributed by atoms with van der Waals surface area (Å²) in [6.45, 7) is 1.63. The molecule has 1 amide bonds. The average Bonchev–Trinajstić information content (AvgIpc) is 3.06. The highest BCUT2D eigenvalue weighted by atomic mass is 32.1. The van der Waals surface area contributed by atoms with E-state index in [4.69, 9.17) is 0 Å². The van der Waals surface area contributed by atoms with E-state index in [0.717, 1.165) is 50.0 Å². The van der Waals surface area contributed by atoms with Crippen molar-refractivity contribution in [1.29, 1.82) is 0 Å². The van der Waals surface area contributed by atoms with Crippen LogP contribution in [0.25, 0.3) is 0 Å². The Hall–Kier alpha value is -1.75. The number of hydrogen-bond donors (Lipinski definition) is 0. The third-order valence-corrected chi connectivity index (χ3v) is 6.09. The van der Waals surface area contributed by atoms with Crippen molar-refractivity contribution in [3.63, 3.8) is 0 Å². The van der Waals surface area contributed by atoms with Crippen LogP contribution in [0, 0.1) is 0 Å². The zero-order valence-corrected chi connectivity index (χ0v) is 14.0. The fraction of sp³-hybridized carbons (Fsp3) is 0.500. The lowest BCUT2D eigenvalue weighted by molar-refractivity contribution is 0.0705. The number of rotatable bonds is 2. The lowest BCUT2D eigenvalue weighted by atomic mass is 9.92. The summed E-state index contributed by atoms with van der Waals surface area (Å²) in [6.07, 6.45) is 12.1. The van der Waals surface area contributed by atoms with Crippen molar-refractivity contribution in [2.75, 3.05) is 13.1 Å². The third-order valence-electron chi connectivity index (χ3n) is 5.00. The van der Waals surface area contributed by atoms with Crippen molar-refractivity contribution in [3.05, 3.63) is 45.7 Å². The Morgan fingerprint density at radius 3 is 3.00 bits per heavy atom. The van der Waals surface area contributed by atoms with Gasteiger partial charge in [0.2, 0.25) is 0 Å². The highest BCUT2D eigenvalue weighted by Gasteiger charge is 2.29. The van der Waals surface area contributed by atoms with Crippen LogP contribution in [0.1, 0.15) is 58.1 Å². The van der Waals surface area contributed by atoms with Crippen LogP contribution in [0.3, 0.4) is 0 Å². The maximum Gasteiger partial charge on any atom is 0.255 e. The summed E-state index contributed by atoms with van der Waals surface area (Å²) in [4.78, 5) is 25.1. The lowest BCUT2D eigenvalue weighted by Crippen LogP contribution is -2.39. The first-order chi connectivity index (χ1) is 11.3. The van der Waals surface area contributed by atoms with Gasteiger partial charge in [-0.15, -0.1) is 11.3 Å². The Bertz CT molecular complexity index is 698. The summed E-state index contributed by atoms with van der Waals surface area (Å²) in [7, 11) is 0. The predicted octanol–water partition coefficient (Wildman–Crippen LogP) is 3.44. The van der Waals surface area contributed by atoms with Crippen LogP contribution in [0.15, 0.2) is 24.0 Å². The molecule has 1 unspecified atom stereocenters. The molecule has 0 radical (unpaired) electrons. The highest BCUT2D eigenvalue weighted by molar-refractivity contribution is 7.10. The molecule has 3 heterocycles. The standard InChI is InChI=1S/C18H21N3OS/c22-18(15-12-23-17-6-2-1-5-14(15)17)21-9-3-4-13(11-21)16-10-19-7-8-20-16/h7-8,10,12-13H,1-6,9,11H2. The molecular formula is C18H21N3OS. The maximum atomic E-state index is 13.0. The molecular weight excluding hydrogens is 306 g/mol. The molecule has 23 heavy (non-hydrogen) atoms. The number of nitrogens with zero attached hydrogens (tertiary/aromatic N) is 3. The summed E-state index contributed by atoms with van der Waals surface area (Å²) < 4.78 is 0. The van der Waals surface area contributed by atoms with Crippen molar-refractivity contribution in [2.45, 2.75) is 44.4 Å². The molecule has 120 valence electrons. The molecule has 1 aliphatic carbocycles. The first-order valence-electron chi connectivity index (χ1n) is 8.47. The van der Waals surface area contributed by atoms with E-state index in [-0.39, 0.29) is 5.91 Å². The molecule has 0 saturated carbocycles. The minimum absolute atomic E-state index is 0.220. The van der Waals surface area contributed by atoms with Crippen LogP contribution in [0.2, 0.25) is 0 Å². The fourth-order valence-electron chi connectivity index (χ4n) is 3.77. The predicted molar refractivity (Wildman–Crippen MR) is 90.9 cm³/mol. The second kappa shape index (κ2) is 6.40. The number of fused-ring (bicyclic) bond motifs is 1. The number of hydrogen-bond acceptors (Lipinski definition) is 4. The van der Waals surface area contributed by atoms with Crippen molar-refractivity contribution in [1.82, 2.24) is 14.9 Å². The highest BCUT2D eigenvalue weighted by Crippen LogP contribution is 2.32. The van der Waals surface area contributed by atoms with E-state index in [2.05, 4.69) is 15.3 Å². The molecule has 4 nitrogen and oxygen atoms in total. The summed E-state index contributed by atoms with van der Waals surface area (Å²) in [5.74, 6) is 0.536. The SMILES string of the molecule is O=C(c1csc2c1CCCC2)N1CCCC(c2cnccn2)C1. The Morgan fingerprint density at radius 1 is 1.22 bits per heavy atom. The van der Waals surface area contributed by atoms with Crippen LogP contribution in [-0.2, 0) is 12.8 Å². The van der Waals surface area contributed by atoms with Crippen LogP contribution < -0.4 is 0 Å². The summed E-state index contributed by atoms with van der Waals surface area (Å²) in [6, 6.07) is 0. The third kappa shape index (κ3) is 2.90.